The summed E-state index contributed by atoms with van der Waals surface area (Å²) in [4.78, 5) is 10.8. The number of halogens is 2. The van der Waals surface area contributed by atoms with Crippen LogP contribution in [0.25, 0.3) is 0 Å². The van der Waals surface area contributed by atoms with Gasteiger partial charge in [0.05, 0.1) is 5.02 Å². The van der Waals surface area contributed by atoms with Gasteiger partial charge in [0.15, 0.2) is 0 Å². The number of carboxylic acids is 1. The fraction of sp³-hybridized carbons (Fsp3) is 0.154. The van der Waals surface area contributed by atoms with Gasteiger partial charge in [-0.2, -0.15) is 0 Å². The van der Waals surface area contributed by atoms with Crippen molar-refractivity contribution in [3.63, 3.8) is 0 Å². The molecule has 2 aromatic rings. The Bertz CT molecular complexity index is 619. The highest BCUT2D eigenvalue weighted by Crippen LogP contribution is 2.29. The van der Waals surface area contributed by atoms with Crippen LogP contribution < -0.4 is 4.74 Å². The lowest BCUT2D eigenvalue weighted by molar-refractivity contribution is 0.0661. The van der Waals surface area contributed by atoms with Crippen LogP contribution in [-0.2, 0) is 6.61 Å². The molecule has 0 atom stereocenters. The molecule has 0 spiro atoms. The van der Waals surface area contributed by atoms with E-state index in [0.717, 1.165) is 0 Å². The fourth-order valence-electron chi connectivity index (χ4n) is 1.51. The molecule has 1 heterocycles. The number of benzene rings is 1. The zero-order valence-corrected chi connectivity index (χ0v) is 11.5. The summed E-state index contributed by atoms with van der Waals surface area (Å²) in [6.07, 6.45) is 0. The highest BCUT2D eigenvalue weighted by atomic mass is 35.5. The van der Waals surface area contributed by atoms with E-state index < -0.39 is 5.97 Å². The molecule has 1 aromatic heterocycles. The first-order chi connectivity index (χ1) is 8.97. The number of carbonyl (C=O) groups is 1. The Labute approximate surface area is 119 Å². The molecule has 0 aliphatic carbocycles. The van der Waals surface area contributed by atoms with E-state index in [1.807, 2.05) is 0 Å². The van der Waals surface area contributed by atoms with Crippen molar-refractivity contribution < 1.29 is 19.1 Å². The Kier molecular flexibility index (Phi) is 4.02. The molecule has 2 rings (SSSR count). The molecule has 19 heavy (non-hydrogen) atoms. The Hall–Kier alpha value is -1.65. The third-order valence-corrected chi connectivity index (χ3v) is 3.06. The van der Waals surface area contributed by atoms with Crippen molar-refractivity contribution in [2.24, 2.45) is 0 Å². The summed E-state index contributed by atoms with van der Waals surface area (Å²) in [5.41, 5.74) is 0.647. The summed E-state index contributed by atoms with van der Waals surface area (Å²) in [5.74, 6) is -0.300. The van der Waals surface area contributed by atoms with E-state index in [9.17, 15) is 4.79 Å². The minimum Gasteiger partial charge on any atom is -0.487 e. The Morgan fingerprint density at radius 2 is 2.11 bits per heavy atom. The third kappa shape index (κ3) is 3.22. The zero-order chi connectivity index (χ0) is 14.0. The Morgan fingerprint density at radius 1 is 1.37 bits per heavy atom. The number of aryl methyl sites for hydroxylation is 1. The van der Waals surface area contributed by atoms with Gasteiger partial charge < -0.3 is 14.3 Å². The minimum absolute atomic E-state index is 0.117. The van der Waals surface area contributed by atoms with Crippen LogP contribution in [0.15, 0.2) is 28.7 Å². The second kappa shape index (κ2) is 5.55. The summed E-state index contributed by atoms with van der Waals surface area (Å²) in [5, 5.41) is 9.76. The van der Waals surface area contributed by atoms with Crippen LogP contribution in [-0.4, -0.2) is 11.1 Å². The van der Waals surface area contributed by atoms with Gasteiger partial charge in [-0.15, -0.1) is 0 Å². The lowest BCUT2D eigenvalue weighted by Gasteiger charge is -2.07. The van der Waals surface area contributed by atoms with Crippen LogP contribution in [0.2, 0.25) is 10.0 Å². The van der Waals surface area contributed by atoms with E-state index in [0.29, 0.717) is 27.1 Å². The monoisotopic (exact) mass is 300 g/mol. The molecule has 0 saturated carbocycles. The van der Waals surface area contributed by atoms with E-state index in [4.69, 9.17) is 37.5 Å². The van der Waals surface area contributed by atoms with Crippen LogP contribution in [0, 0.1) is 6.92 Å². The van der Waals surface area contributed by atoms with Gasteiger partial charge in [-0.3, -0.25) is 0 Å². The molecular weight excluding hydrogens is 291 g/mol. The summed E-state index contributed by atoms with van der Waals surface area (Å²) in [6.45, 7) is 1.83. The second-order valence-corrected chi connectivity index (χ2v) is 4.70. The van der Waals surface area contributed by atoms with E-state index in [-0.39, 0.29) is 12.4 Å². The fourth-order valence-corrected chi connectivity index (χ4v) is 1.85. The van der Waals surface area contributed by atoms with Crippen molar-refractivity contribution in [3.05, 3.63) is 51.4 Å². The molecule has 1 N–H and O–H groups in total. The molecule has 0 bridgehead atoms. The van der Waals surface area contributed by atoms with Gasteiger partial charge in [0.2, 0.25) is 5.76 Å². The van der Waals surface area contributed by atoms with Gasteiger partial charge in [0.25, 0.3) is 0 Å². The number of ether oxygens (including phenoxy) is 1. The van der Waals surface area contributed by atoms with Gasteiger partial charge in [0.1, 0.15) is 18.1 Å². The van der Waals surface area contributed by atoms with E-state index >= 15 is 0 Å². The topological polar surface area (TPSA) is 59.7 Å². The number of aromatic carboxylic acids is 1. The molecule has 0 aliphatic rings. The molecule has 0 fully saturated rings. The number of furan rings is 1. The highest BCUT2D eigenvalue weighted by Gasteiger charge is 2.14. The Balaban J connectivity index is 2.14. The predicted molar refractivity (Wildman–Crippen MR) is 71.2 cm³/mol. The molecule has 0 unspecified atom stereocenters. The molecule has 0 radical (unpaired) electrons. The van der Waals surface area contributed by atoms with Crippen molar-refractivity contribution in [1.29, 1.82) is 0 Å². The molecule has 100 valence electrons. The third-order valence-electron chi connectivity index (χ3n) is 2.51. The van der Waals surface area contributed by atoms with Gasteiger partial charge in [-0.05, 0) is 25.1 Å². The van der Waals surface area contributed by atoms with Crippen molar-refractivity contribution in [2.45, 2.75) is 13.5 Å². The number of carboxylic acid groups (broad SMARTS) is 1. The first-order valence-corrected chi connectivity index (χ1v) is 6.13. The molecule has 6 heteroatoms. The Morgan fingerprint density at radius 3 is 2.74 bits per heavy atom. The predicted octanol–water partition coefficient (Wildman–Crippen LogP) is 4.17. The number of rotatable bonds is 4. The average Bonchev–Trinajstić information content (AvgIpc) is 2.72. The normalized spacial score (nSPS) is 10.5. The average molecular weight is 301 g/mol. The van der Waals surface area contributed by atoms with Crippen molar-refractivity contribution in [1.82, 2.24) is 0 Å². The first-order valence-electron chi connectivity index (χ1n) is 5.38. The summed E-state index contributed by atoms with van der Waals surface area (Å²) >= 11 is 11.8. The van der Waals surface area contributed by atoms with Crippen LogP contribution in [0.5, 0.6) is 5.75 Å². The molecule has 4 nitrogen and oxygen atoms in total. The quantitative estimate of drug-likeness (QED) is 0.920. The van der Waals surface area contributed by atoms with Crippen LogP contribution in [0.3, 0.4) is 0 Å². The molecule has 1 aromatic carbocycles. The number of hydrogen-bond acceptors (Lipinski definition) is 3. The highest BCUT2D eigenvalue weighted by molar-refractivity contribution is 6.34. The maximum Gasteiger partial charge on any atom is 0.371 e. The van der Waals surface area contributed by atoms with Crippen LogP contribution in [0.4, 0.5) is 0 Å². The minimum atomic E-state index is -1.12. The molecule has 0 amide bonds. The van der Waals surface area contributed by atoms with Gasteiger partial charge in [-0.25, -0.2) is 4.79 Å². The van der Waals surface area contributed by atoms with Crippen molar-refractivity contribution in [2.75, 3.05) is 0 Å². The largest absolute Gasteiger partial charge is 0.487 e. The SMILES string of the molecule is Cc1oc(C(=O)O)cc1COc1cc(Cl)ccc1Cl. The maximum atomic E-state index is 10.8. The smallest absolute Gasteiger partial charge is 0.371 e. The number of hydrogen-bond donors (Lipinski definition) is 1. The van der Waals surface area contributed by atoms with Gasteiger partial charge in [-0.1, -0.05) is 23.2 Å². The first kappa shape index (κ1) is 13.8. The van der Waals surface area contributed by atoms with Crippen molar-refractivity contribution in [3.8, 4) is 5.75 Å². The lowest BCUT2D eigenvalue weighted by Crippen LogP contribution is -1.96. The second-order valence-electron chi connectivity index (χ2n) is 3.86. The summed E-state index contributed by atoms with van der Waals surface area (Å²) < 4.78 is 10.6. The van der Waals surface area contributed by atoms with E-state index in [1.54, 1.807) is 25.1 Å². The summed E-state index contributed by atoms with van der Waals surface area (Å²) in [6, 6.07) is 6.31. The molecular formula is C13H10Cl2O4. The van der Waals surface area contributed by atoms with Crippen LogP contribution in [0.1, 0.15) is 21.9 Å². The lowest BCUT2D eigenvalue weighted by atomic mass is 10.2. The maximum absolute atomic E-state index is 10.8. The van der Waals surface area contributed by atoms with Gasteiger partial charge >= 0.3 is 5.97 Å². The zero-order valence-electron chi connectivity index (χ0n) is 9.94. The van der Waals surface area contributed by atoms with Crippen molar-refractivity contribution >= 4 is 29.2 Å². The molecule has 0 saturated heterocycles. The van der Waals surface area contributed by atoms with Gasteiger partial charge in [0, 0.05) is 16.7 Å². The van der Waals surface area contributed by atoms with Crippen LogP contribution >= 0.6 is 23.2 Å². The van der Waals surface area contributed by atoms with E-state index in [1.165, 1.54) is 6.07 Å². The van der Waals surface area contributed by atoms with E-state index in [2.05, 4.69) is 0 Å². The summed E-state index contributed by atoms with van der Waals surface area (Å²) in [7, 11) is 0. The standard InChI is InChI=1S/C13H10Cl2O4/c1-7-8(4-12(19-7)13(16)17)6-18-11-5-9(14)2-3-10(11)15/h2-5H,6H2,1H3,(H,16,17). The molecule has 0 aliphatic heterocycles.